The summed E-state index contributed by atoms with van der Waals surface area (Å²) in [7, 11) is 1.58. The van der Waals surface area contributed by atoms with Gasteiger partial charge < -0.3 is 10.1 Å². The first-order valence-corrected chi connectivity index (χ1v) is 5.78. The van der Waals surface area contributed by atoms with E-state index >= 15 is 0 Å². The second-order valence-corrected chi connectivity index (χ2v) is 4.43. The third-order valence-electron chi connectivity index (χ3n) is 3.34. The number of benzene rings is 1. The van der Waals surface area contributed by atoms with Gasteiger partial charge in [-0.25, -0.2) is 14.0 Å². The molecule has 1 unspecified atom stereocenters. The topological polar surface area (TPSA) is 58.6 Å². The fourth-order valence-electron chi connectivity index (χ4n) is 2.29. The van der Waals surface area contributed by atoms with Gasteiger partial charge in [-0.2, -0.15) is 0 Å². The van der Waals surface area contributed by atoms with E-state index in [0.29, 0.717) is 16.8 Å². The van der Waals surface area contributed by atoms with Crippen LogP contribution in [0.5, 0.6) is 0 Å². The average Bonchev–Trinajstić information content (AvgIpc) is 2.78. The van der Waals surface area contributed by atoms with Crippen molar-refractivity contribution in [1.29, 1.82) is 0 Å². The number of halogens is 1. The molecule has 0 bridgehead atoms. The van der Waals surface area contributed by atoms with E-state index in [0.717, 1.165) is 0 Å². The van der Waals surface area contributed by atoms with E-state index in [1.54, 1.807) is 19.2 Å². The Kier molecular flexibility index (Phi) is 2.51. The molecule has 98 valence electrons. The highest BCUT2D eigenvalue weighted by Crippen LogP contribution is 2.34. The summed E-state index contributed by atoms with van der Waals surface area (Å²) in [6, 6.07) is 4.77. The first kappa shape index (κ1) is 11.7. The minimum absolute atomic E-state index is 0.0930. The molecule has 1 aromatic rings. The summed E-state index contributed by atoms with van der Waals surface area (Å²) in [5.41, 5.74) is 1.62. The Labute approximate surface area is 108 Å². The van der Waals surface area contributed by atoms with Gasteiger partial charge in [0.25, 0.3) is 0 Å². The number of nitrogens with one attached hydrogen (secondary N) is 1. The highest BCUT2D eigenvalue weighted by atomic mass is 19.1. The highest BCUT2D eigenvalue weighted by Gasteiger charge is 2.40. The number of amides is 2. The largest absolute Gasteiger partial charge is 0.456 e. The van der Waals surface area contributed by atoms with E-state index in [1.807, 2.05) is 0 Å². The number of rotatable bonds is 1. The SMILES string of the molecule is CN1C(=O)NC(c2ccc(F)cc2)C2=C1COC2=O. The average molecular weight is 262 g/mol. The number of carbonyl (C=O) groups is 2. The van der Waals surface area contributed by atoms with E-state index in [2.05, 4.69) is 5.32 Å². The lowest BCUT2D eigenvalue weighted by atomic mass is 9.96. The van der Waals surface area contributed by atoms with Gasteiger partial charge in [0.05, 0.1) is 17.3 Å². The van der Waals surface area contributed by atoms with E-state index in [9.17, 15) is 14.0 Å². The van der Waals surface area contributed by atoms with Crippen LogP contribution in [0.2, 0.25) is 0 Å². The standard InChI is InChI=1S/C13H11FN2O3/c1-16-9-6-19-12(17)10(9)11(15-13(16)18)7-2-4-8(14)5-3-7/h2-5,11H,6H2,1H3,(H,15,18). The molecule has 1 aromatic carbocycles. The van der Waals surface area contributed by atoms with E-state index < -0.39 is 12.0 Å². The van der Waals surface area contributed by atoms with Crippen molar-refractivity contribution in [3.8, 4) is 0 Å². The molecular weight excluding hydrogens is 251 g/mol. The van der Waals surface area contributed by atoms with Crippen molar-refractivity contribution in [2.45, 2.75) is 6.04 Å². The molecule has 2 aliphatic rings. The Balaban J connectivity index is 2.08. The number of hydrogen-bond donors (Lipinski definition) is 1. The Hall–Kier alpha value is -2.37. The Morgan fingerprint density at radius 3 is 2.68 bits per heavy atom. The molecule has 0 aromatic heterocycles. The van der Waals surface area contributed by atoms with E-state index in [4.69, 9.17) is 4.74 Å². The molecule has 0 fully saturated rings. The van der Waals surface area contributed by atoms with Crippen molar-refractivity contribution in [3.63, 3.8) is 0 Å². The molecule has 1 N–H and O–H groups in total. The van der Waals surface area contributed by atoms with Crippen molar-refractivity contribution in [2.75, 3.05) is 13.7 Å². The van der Waals surface area contributed by atoms with Crippen LogP contribution in [0.4, 0.5) is 9.18 Å². The Morgan fingerprint density at radius 1 is 1.32 bits per heavy atom. The van der Waals surface area contributed by atoms with Crippen molar-refractivity contribution >= 4 is 12.0 Å². The summed E-state index contributed by atoms with van der Waals surface area (Å²) in [6.07, 6.45) is 0. The summed E-state index contributed by atoms with van der Waals surface area (Å²) in [6.45, 7) is 0.0930. The van der Waals surface area contributed by atoms with Gasteiger partial charge in [-0.15, -0.1) is 0 Å². The first-order valence-electron chi connectivity index (χ1n) is 5.78. The minimum atomic E-state index is -0.589. The molecular formula is C13H11FN2O3. The lowest BCUT2D eigenvalue weighted by molar-refractivity contribution is -0.136. The Morgan fingerprint density at radius 2 is 2.00 bits per heavy atom. The third kappa shape index (κ3) is 1.76. The quantitative estimate of drug-likeness (QED) is 0.777. The third-order valence-corrected chi connectivity index (χ3v) is 3.34. The lowest BCUT2D eigenvalue weighted by Gasteiger charge is -2.30. The highest BCUT2D eigenvalue weighted by molar-refractivity contribution is 5.97. The monoisotopic (exact) mass is 262 g/mol. The molecule has 0 saturated heterocycles. The van der Waals surface area contributed by atoms with Crippen LogP contribution in [-0.2, 0) is 9.53 Å². The summed E-state index contributed by atoms with van der Waals surface area (Å²) in [4.78, 5) is 25.0. The van der Waals surface area contributed by atoms with Crippen LogP contribution in [0, 0.1) is 5.82 Å². The number of urea groups is 1. The molecule has 2 amide bonds. The minimum Gasteiger partial charge on any atom is -0.456 e. The molecule has 5 nitrogen and oxygen atoms in total. The lowest BCUT2D eigenvalue weighted by Crippen LogP contribution is -2.45. The van der Waals surface area contributed by atoms with Crippen LogP contribution in [0.3, 0.4) is 0 Å². The zero-order valence-electron chi connectivity index (χ0n) is 10.1. The van der Waals surface area contributed by atoms with Gasteiger partial charge in [-0.3, -0.25) is 4.90 Å². The van der Waals surface area contributed by atoms with Gasteiger partial charge in [-0.1, -0.05) is 12.1 Å². The van der Waals surface area contributed by atoms with Gasteiger partial charge in [-0.05, 0) is 17.7 Å². The molecule has 0 radical (unpaired) electrons. The predicted molar refractivity (Wildman–Crippen MR) is 63.4 cm³/mol. The van der Waals surface area contributed by atoms with Crippen LogP contribution >= 0.6 is 0 Å². The van der Waals surface area contributed by atoms with Crippen molar-refractivity contribution in [2.24, 2.45) is 0 Å². The van der Waals surface area contributed by atoms with Crippen LogP contribution in [-0.4, -0.2) is 30.6 Å². The molecule has 0 aliphatic carbocycles. The molecule has 3 rings (SSSR count). The molecule has 1 atom stereocenters. The van der Waals surface area contributed by atoms with Crippen molar-refractivity contribution < 1.29 is 18.7 Å². The predicted octanol–water partition coefficient (Wildman–Crippen LogP) is 1.33. The van der Waals surface area contributed by atoms with Crippen LogP contribution in [0.1, 0.15) is 11.6 Å². The summed E-state index contributed by atoms with van der Waals surface area (Å²) in [5.74, 6) is -0.817. The van der Waals surface area contributed by atoms with Crippen LogP contribution in [0.25, 0.3) is 0 Å². The fraction of sp³-hybridized carbons (Fsp3) is 0.231. The fourth-order valence-corrected chi connectivity index (χ4v) is 2.29. The van der Waals surface area contributed by atoms with Crippen molar-refractivity contribution in [3.05, 3.63) is 46.9 Å². The van der Waals surface area contributed by atoms with Gasteiger partial charge in [0.15, 0.2) is 0 Å². The molecule has 2 heterocycles. The smallest absolute Gasteiger partial charge is 0.338 e. The Bertz CT molecular complexity index is 594. The number of hydrogen-bond acceptors (Lipinski definition) is 3. The van der Waals surface area contributed by atoms with E-state index in [1.165, 1.54) is 17.0 Å². The molecule has 0 spiro atoms. The van der Waals surface area contributed by atoms with Gasteiger partial charge >= 0.3 is 12.0 Å². The second-order valence-electron chi connectivity index (χ2n) is 4.43. The molecule has 0 saturated carbocycles. The zero-order chi connectivity index (χ0) is 13.6. The number of ether oxygens (including phenoxy) is 1. The van der Waals surface area contributed by atoms with Crippen LogP contribution in [0.15, 0.2) is 35.5 Å². The maximum atomic E-state index is 12.9. The summed E-state index contributed by atoms with van der Waals surface area (Å²) >= 11 is 0. The van der Waals surface area contributed by atoms with Gasteiger partial charge in [0.2, 0.25) is 0 Å². The molecule has 2 aliphatic heterocycles. The molecule has 6 heteroatoms. The van der Waals surface area contributed by atoms with Crippen molar-refractivity contribution in [1.82, 2.24) is 10.2 Å². The number of nitrogens with zero attached hydrogens (tertiary/aromatic N) is 1. The maximum absolute atomic E-state index is 12.9. The normalized spacial score (nSPS) is 22.2. The summed E-state index contributed by atoms with van der Waals surface area (Å²) < 4.78 is 17.9. The van der Waals surface area contributed by atoms with Crippen LogP contribution < -0.4 is 5.32 Å². The number of likely N-dealkylation sites (N-methyl/N-ethyl adjacent to an activating group) is 1. The number of carbonyl (C=O) groups excluding carboxylic acids is 2. The second kappa shape index (κ2) is 4.08. The number of esters is 1. The first-order chi connectivity index (χ1) is 9.08. The van der Waals surface area contributed by atoms with E-state index in [-0.39, 0.29) is 18.5 Å². The maximum Gasteiger partial charge on any atom is 0.338 e. The zero-order valence-corrected chi connectivity index (χ0v) is 10.1. The summed E-state index contributed by atoms with van der Waals surface area (Å²) in [5, 5.41) is 2.71. The number of cyclic esters (lactones) is 1. The molecule has 19 heavy (non-hydrogen) atoms. The van der Waals surface area contributed by atoms with Gasteiger partial charge in [0, 0.05) is 7.05 Å². The van der Waals surface area contributed by atoms with Gasteiger partial charge in [0.1, 0.15) is 12.4 Å².